The lowest BCUT2D eigenvalue weighted by molar-refractivity contribution is -0.115. The van der Waals surface area contributed by atoms with Gasteiger partial charge in [-0.15, -0.1) is 0 Å². The van der Waals surface area contributed by atoms with Crippen molar-refractivity contribution in [3.8, 4) is 11.5 Å². The Morgan fingerprint density at radius 2 is 2.06 bits per heavy atom. The molecular formula is C24H33N3O5S. The van der Waals surface area contributed by atoms with Crippen molar-refractivity contribution >= 4 is 35.1 Å². The van der Waals surface area contributed by atoms with E-state index in [-0.39, 0.29) is 22.6 Å². The lowest BCUT2D eigenvalue weighted by atomic mass is 9.99. The highest BCUT2D eigenvalue weighted by atomic mass is 32.2. The van der Waals surface area contributed by atoms with E-state index >= 15 is 0 Å². The maximum absolute atomic E-state index is 13.5. The summed E-state index contributed by atoms with van der Waals surface area (Å²) in [5, 5.41) is 5.17. The number of piperidine rings is 1. The molecule has 2 aliphatic rings. The summed E-state index contributed by atoms with van der Waals surface area (Å²) in [7, 11) is 0. The smallest absolute Gasteiger partial charge is 0.416 e. The number of ether oxygens (including phenoxy) is 2. The summed E-state index contributed by atoms with van der Waals surface area (Å²) in [5.74, 6) is 0.447. The van der Waals surface area contributed by atoms with E-state index in [0.29, 0.717) is 24.5 Å². The molecule has 0 spiro atoms. The topological polar surface area (TPSA) is 97.0 Å². The number of nitrogens with one attached hydrogen (secondary N) is 2. The summed E-state index contributed by atoms with van der Waals surface area (Å²) in [4.78, 5) is 39.2. The summed E-state index contributed by atoms with van der Waals surface area (Å²) in [6.07, 6.45) is 2.95. The summed E-state index contributed by atoms with van der Waals surface area (Å²) in [6.45, 7) is 12.1. The van der Waals surface area contributed by atoms with Crippen LogP contribution < -0.4 is 20.1 Å². The number of thioether (sulfide) groups is 1. The summed E-state index contributed by atoms with van der Waals surface area (Å²) in [5.41, 5.74) is 0.0355. The van der Waals surface area contributed by atoms with Gasteiger partial charge in [0.2, 0.25) is 0 Å². The minimum Gasteiger partial charge on any atom is -0.489 e. The van der Waals surface area contributed by atoms with Gasteiger partial charge in [-0.25, -0.2) is 4.79 Å². The average molecular weight is 476 g/mol. The second kappa shape index (κ2) is 10.6. The second-order valence-corrected chi connectivity index (χ2v) is 10.7. The Hall–Kier alpha value is -2.52. The summed E-state index contributed by atoms with van der Waals surface area (Å²) in [6, 6.07) is 5.25. The van der Waals surface area contributed by atoms with Crippen LogP contribution in [0.15, 0.2) is 23.1 Å². The van der Waals surface area contributed by atoms with Crippen LogP contribution in [0, 0.1) is 5.92 Å². The zero-order chi connectivity index (χ0) is 24.2. The Balaban J connectivity index is 1.97. The fourth-order valence-corrected chi connectivity index (χ4v) is 4.52. The van der Waals surface area contributed by atoms with Crippen molar-refractivity contribution in [1.29, 1.82) is 0 Å². The predicted molar refractivity (Wildman–Crippen MR) is 129 cm³/mol. The third-order valence-electron chi connectivity index (χ3n) is 5.25. The quantitative estimate of drug-likeness (QED) is 0.589. The number of carbonyl (C=O) groups excluding carboxylic acids is 3. The fourth-order valence-electron chi connectivity index (χ4n) is 3.85. The van der Waals surface area contributed by atoms with Gasteiger partial charge < -0.3 is 14.8 Å². The van der Waals surface area contributed by atoms with Crippen LogP contribution in [-0.4, -0.2) is 53.4 Å². The first-order chi connectivity index (χ1) is 15.6. The van der Waals surface area contributed by atoms with E-state index in [1.807, 2.05) is 34.6 Å². The molecule has 2 heterocycles. The average Bonchev–Trinajstić information content (AvgIpc) is 3.04. The van der Waals surface area contributed by atoms with Crippen LogP contribution >= 0.6 is 11.8 Å². The second-order valence-electron chi connectivity index (χ2n) is 9.64. The van der Waals surface area contributed by atoms with Gasteiger partial charge in [0.15, 0.2) is 11.5 Å². The lowest BCUT2D eigenvalue weighted by Gasteiger charge is -2.42. The van der Waals surface area contributed by atoms with Crippen LogP contribution in [0.25, 0.3) is 6.08 Å². The number of para-hydroxylation sites is 1. The van der Waals surface area contributed by atoms with Crippen LogP contribution in [0.2, 0.25) is 0 Å². The van der Waals surface area contributed by atoms with Crippen molar-refractivity contribution in [1.82, 2.24) is 15.5 Å². The first-order valence-electron chi connectivity index (χ1n) is 11.3. The highest BCUT2D eigenvalue weighted by molar-refractivity contribution is 8.18. The Bertz CT molecular complexity index is 933. The molecule has 0 radical (unpaired) electrons. The van der Waals surface area contributed by atoms with E-state index in [2.05, 4.69) is 10.6 Å². The van der Waals surface area contributed by atoms with Gasteiger partial charge in [0.25, 0.3) is 11.1 Å². The first kappa shape index (κ1) is 25.1. The van der Waals surface area contributed by atoms with E-state index in [1.165, 1.54) is 0 Å². The van der Waals surface area contributed by atoms with Gasteiger partial charge in [-0.05, 0) is 70.0 Å². The molecule has 2 saturated heterocycles. The Kier molecular flexibility index (Phi) is 8.07. The number of imide groups is 1. The van der Waals surface area contributed by atoms with Crippen molar-refractivity contribution < 1.29 is 23.9 Å². The van der Waals surface area contributed by atoms with Crippen molar-refractivity contribution in [2.45, 2.75) is 59.0 Å². The largest absolute Gasteiger partial charge is 0.489 e. The van der Waals surface area contributed by atoms with Crippen LogP contribution in [-0.2, 0) is 4.79 Å². The van der Waals surface area contributed by atoms with E-state index < -0.39 is 22.8 Å². The number of hydrogen-bond donors (Lipinski definition) is 2. The molecule has 2 fully saturated rings. The van der Waals surface area contributed by atoms with Gasteiger partial charge in [0, 0.05) is 23.7 Å². The molecule has 1 aromatic carbocycles. The Morgan fingerprint density at radius 1 is 1.30 bits per heavy atom. The number of nitrogens with zero attached hydrogens (tertiary/aromatic N) is 1. The van der Waals surface area contributed by atoms with Gasteiger partial charge in [-0.1, -0.05) is 26.0 Å². The molecule has 0 bridgehead atoms. The molecule has 0 saturated carbocycles. The molecule has 1 unspecified atom stereocenters. The molecule has 2 aliphatic heterocycles. The predicted octanol–water partition coefficient (Wildman–Crippen LogP) is 4.40. The number of hydrogen-bond acceptors (Lipinski definition) is 7. The SMILES string of the molecule is CC(C)COc1cccc(C=C2SC(=O)NC2=O)c1OC(=O)N(C1CCCNC1)C(C)(C)C. The third-order valence-corrected chi connectivity index (χ3v) is 6.07. The number of carbonyl (C=O) groups is 3. The van der Waals surface area contributed by atoms with Crippen LogP contribution in [0.5, 0.6) is 11.5 Å². The number of benzene rings is 1. The molecule has 9 heteroatoms. The van der Waals surface area contributed by atoms with E-state index in [0.717, 1.165) is 31.1 Å². The van der Waals surface area contributed by atoms with Crippen molar-refractivity contribution in [3.63, 3.8) is 0 Å². The van der Waals surface area contributed by atoms with Crippen LogP contribution in [0.3, 0.4) is 0 Å². The summed E-state index contributed by atoms with van der Waals surface area (Å²) < 4.78 is 11.9. The first-order valence-corrected chi connectivity index (χ1v) is 12.1. The number of rotatable bonds is 6. The van der Waals surface area contributed by atoms with Gasteiger partial charge in [0.1, 0.15) is 0 Å². The zero-order valence-corrected chi connectivity index (χ0v) is 20.7. The van der Waals surface area contributed by atoms with E-state index in [9.17, 15) is 14.4 Å². The number of amides is 3. The lowest BCUT2D eigenvalue weighted by Crippen LogP contribution is -2.57. The molecular weight excluding hydrogens is 442 g/mol. The van der Waals surface area contributed by atoms with E-state index in [1.54, 1.807) is 29.2 Å². The van der Waals surface area contributed by atoms with Crippen molar-refractivity contribution in [2.75, 3.05) is 19.7 Å². The molecule has 3 rings (SSSR count). The third kappa shape index (κ3) is 6.51. The molecule has 1 atom stereocenters. The van der Waals surface area contributed by atoms with Crippen molar-refractivity contribution in [2.24, 2.45) is 5.92 Å². The van der Waals surface area contributed by atoms with Gasteiger partial charge in [0.05, 0.1) is 11.5 Å². The van der Waals surface area contributed by atoms with Gasteiger partial charge in [-0.3, -0.25) is 19.8 Å². The molecule has 2 N–H and O–H groups in total. The highest BCUT2D eigenvalue weighted by Crippen LogP contribution is 2.37. The monoisotopic (exact) mass is 475 g/mol. The molecule has 0 aliphatic carbocycles. The molecule has 33 heavy (non-hydrogen) atoms. The van der Waals surface area contributed by atoms with Gasteiger partial charge >= 0.3 is 6.09 Å². The molecule has 3 amide bonds. The Morgan fingerprint density at radius 3 is 2.64 bits per heavy atom. The van der Waals surface area contributed by atoms with Crippen molar-refractivity contribution in [3.05, 3.63) is 28.7 Å². The zero-order valence-electron chi connectivity index (χ0n) is 19.9. The van der Waals surface area contributed by atoms with Gasteiger partial charge in [-0.2, -0.15) is 0 Å². The minimum absolute atomic E-state index is 0.00517. The maximum atomic E-state index is 13.5. The molecule has 180 valence electrons. The van der Waals surface area contributed by atoms with Crippen LogP contribution in [0.4, 0.5) is 9.59 Å². The Labute approximate surface area is 199 Å². The molecule has 8 nitrogen and oxygen atoms in total. The highest BCUT2D eigenvalue weighted by Gasteiger charge is 2.36. The maximum Gasteiger partial charge on any atom is 0.416 e. The minimum atomic E-state index is -0.476. The molecule has 1 aromatic rings. The fraction of sp³-hybridized carbons (Fsp3) is 0.542. The standard InChI is InChI=1S/C24H33N3O5S/c1-15(2)14-31-18-10-6-8-16(12-19-21(28)26-22(29)33-19)20(18)32-23(30)27(24(3,4)5)17-9-7-11-25-13-17/h6,8,10,12,15,17,25H,7,9,11,13-14H2,1-5H3,(H,26,28,29). The van der Waals surface area contributed by atoms with E-state index in [4.69, 9.17) is 9.47 Å². The molecule has 0 aromatic heterocycles. The normalized spacial score (nSPS) is 20.2. The van der Waals surface area contributed by atoms with Crippen LogP contribution in [0.1, 0.15) is 53.0 Å². The summed E-state index contributed by atoms with van der Waals surface area (Å²) >= 11 is 0.815.